The Morgan fingerprint density at radius 2 is 2.08 bits per heavy atom. The van der Waals surface area contributed by atoms with Crippen LogP contribution in [0.15, 0.2) is 59.1 Å². The average molecular weight is 375 g/mol. The van der Waals surface area contributed by atoms with Crippen molar-refractivity contribution in [3.8, 4) is 0 Å². The van der Waals surface area contributed by atoms with Crippen LogP contribution in [0.3, 0.4) is 0 Å². The minimum Gasteiger partial charge on any atom is -0.618 e. The number of hydrogen-bond donors (Lipinski definition) is 0. The molecule has 2 aromatic heterocycles. The number of aromatic nitrogens is 2. The lowest BCUT2D eigenvalue weighted by Gasteiger charge is -2.18. The van der Waals surface area contributed by atoms with E-state index >= 15 is 0 Å². The zero-order valence-corrected chi connectivity index (χ0v) is 14.9. The highest BCUT2D eigenvalue weighted by atomic mass is 32.2. The third-order valence-electron chi connectivity index (χ3n) is 3.30. The van der Waals surface area contributed by atoms with Gasteiger partial charge in [0, 0.05) is 30.2 Å². The van der Waals surface area contributed by atoms with Crippen molar-refractivity contribution in [2.24, 2.45) is 0 Å². The maximum Gasteiger partial charge on any atom is 0.251 e. The van der Waals surface area contributed by atoms with Gasteiger partial charge in [-0.15, -0.1) is 11.3 Å². The predicted molar refractivity (Wildman–Crippen MR) is 96.3 cm³/mol. The summed E-state index contributed by atoms with van der Waals surface area (Å²) in [5, 5.41) is 14.4. The van der Waals surface area contributed by atoms with Crippen LogP contribution in [-0.2, 0) is 10.5 Å². The van der Waals surface area contributed by atoms with Gasteiger partial charge in [-0.3, -0.25) is 9.69 Å². The summed E-state index contributed by atoms with van der Waals surface area (Å²) in [6.45, 7) is 1.37. The van der Waals surface area contributed by atoms with Crippen LogP contribution < -0.4 is 9.63 Å². The van der Waals surface area contributed by atoms with Gasteiger partial charge in [-0.05, 0) is 30.0 Å². The van der Waals surface area contributed by atoms with Gasteiger partial charge in [0.15, 0.2) is 11.3 Å². The molecule has 0 atom stereocenters. The lowest BCUT2D eigenvalue weighted by molar-refractivity contribution is -0.645. The molecule has 0 bridgehead atoms. The average Bonchev–Trinajstić information content (AvgIpc) is 3.04. The first-order chi connectivity index (χ1) is 12.1. The van der Waals surface area contributed by atoms with E-state index in [1.165, 1.54) is 53.3 Å². The monoisotopic (exact) mass is 375 g/mol. The van der Waals surface area contributed by atoms with Crippen molar-refractivity contribution in [3.05, 3.63) is 70.8 Å². The molecule has 3 rings (SSSR count). The molecule has 3 aromatic rings. The van der Waals surface area contributed by atoms with Crippen LogP contribution >= 0.6 is 23.1 Å². The zero-order chi connectivity index (χ0) is 17.8. The van der Waals surface area contributed by atoms with E-state index in [0.29, 0.717) is 15.9 Å². The summed E-state index contributed by atoms with van der Waals surface area (Å²) in [7, 11) is 0. The highest BCUT2D eigenvalue weighted by Gasteiger charge is 2.21. The molecule has 128 valence electrons. The van der Waals surface area contributed by atoms with Gasteiger partial charge in [0.05, 0.1) is 11.4 Å². The molecule has 8 heteroatoms. The maximum absolute atomic E-state index is 14.0. The number of thioether (sulfide) groups is 1. The fraction of sp³-hybridized carbons (Fsp3) is 0.118. The van der Waals surface area contributed by atoms with Gasteiger partial charge in [-0.2, -0.15) is 4.73 Å². The van der Waals surface area contributed by atoms with E-state index in [2.05, 4.69) is 4.98 Å². The molecule has 25 heavy (non-hydrogen) atoms. The van der Waals surface area contributed by atoms with Crippen LogP contribution in [0.5, 0.6) is 0 Å². The number of benzene rings is 1. The second-order valence-electron chi connectivity index (χ2n) is 5.08. The Kier molecular flexibility index (Phi) is 5.30. The Morgan fingerprint density at radius 3 is 2.80 bits per heavy atom. The van der Waals surface area contributed by atoms with Crippen LogP contribution in [0.4, 0.5) is 15.2 Å². The lowest BCUT2D eigenvalue weighted by atomic mass is 10.3. The van der Waals surface area contributed by atoms with E-state index in [1.54, 1.807) is 35.7 Å². The summed E-state index contributed by atoms with van der Waals surface area (Å²) in [6.07, 6.45) is 1.43. The van der Waals surface area contributed by atoms with Crippen LogP contribution in [0.25, 0.3) is 0 Å². The number of nitrogens with zero attached hydrogens (tertiary/aromatic N) is 3. The van der Waals surface area contributed by atoms with Crippen molar-refractivity contribution < 1.29 is 13.9 Å². The molecular weight excluding hydrogens is 361 g/mol. The number of carbonyl (C=O) groups excluding carboxylic acids is 1. The third-order valence-corrected chi connectivity index (χ3v) is 5.22. The molecule has 0 aliphatic rings. The van der Waals surface area contributed by atoms with Gasteiger partial charge in [-0.25, -0.2) is 9.37 Å². The number of carbonyl (C=O) groups is 1. The number of thiazole rings is 1. The zero-order valence-electron chi connectivity index (χ0n) is 13.3. The van der Waals surface area contributed by atoms with E-state index in [4.69, 9.17) is 0 Å². The molecule has 0 fully saturated rings. The molecule has 1 amide bonds. The summed E-state index contributed by atoms with van der Waals surface area (Å²) >= 11 is 2.61. The molecule has 0 unspecified atom stereocenters. The Hall–Kier alpha value is -2.45. The van der Waals surface area contributed by atoms with Gasteiger partial charge in [0.1, 0.15) is 5.82 Å². The molecule has 0 saturated heterocycles. The van der Waals surface area contributed by atoms with Gasteiger partial charge < -0.3 is 5.21 Å². The van der Waals surface area contributed by atoms with Crippen molar-refractivity contribution in [1.29, 1.82) is 0 Å². The summed E-state index contributed by atoms with van der Waals surface area (Å²) in [6, 6.07) is 11.3. The minimum absolute atomic E-state index is 0.170. The van der Waals surface area contributed by atoms with E-state index in [0.717, 1.165) is 10.4 Å². The van der Waals surface area contributed by atoms with Crippen molar-refractivity contribution in [3.63, 3.8) is 0 Å². The number of para-hydroxylation sites is 1. The largest absolute Gasteiger partial charge is 0.618 e. The van der Waals surface area contributed by atoms with Crippen molar-refractivity contribution in [2.45, 2.75) is 17.7 Å². The normalized spacial score (nSPS) is 10.6. The highest BCUT2D eigenvalue weighted by molar-refractivity contribution is 7.98. The van der Waals surface area contributed by atoms with Crippen LogP contribution in [0, 0.1) is 11.0 Å². The van der Waals surface area contributed by atoms with E-state index in [1.807, 2.05) is 0 Å². The molecule has 1 aromatic carbocycles. The standard InChI is InChI=1S/C17H14FN3O2S2/c1-12(22)21(15-7-3-2-6-14(15)18)17-19-13(11-25-17)10-24-16-8-4-5-9-20(16)23/h2-9,11H,10H2,1H3. The summed E-state index contributed by atoms with van der Waals surface area (Å²) < 4.78 is 14.8. The van der Waals surface area contributed by atoms with Crippen molar-refractivity contribution in [2.75, 3.05) is 4.90 Å². The number of pyridine rings is 1. The Bertz CT molecular complexity index is 901. The molecule has 5 nitrogen and oxygen atoms in total. The minimum atomic E-state index is -0.486. The second-order valence-corrected chi connectivity index (χ2v) is 6.91. The van der Waals surface area contributed by atoms with Gasteiger partial charge in [0.2, 0.25) is 5.91 Å². The van der Waals surface area contributed by atoms with Gasteiger partial charge >= 0.3 is 0 Å². The lowest BCUT2D eigenvalue weighted by Crippen LogP contribution is -2.27. The summed E-state index contributed by atoms with van der Waals surface area (Å²) in [5.41, 5.74) is 0.889. The molecule has 0 radical (unpaired) electrons. The number of anilines is 2. The van der Waals surface area contributed by atoms with E-state index in [9.17, 15) is 14.4 Å². The van der Waals surface area contributed by atoms with Crippen molar-refractivity contribution in [1.82, 2.24) is 4.98 Å². The highest BCUT2D eigenvalue weighted by Crippen LogP contribution is 2.32. The SMILES string of the molecule is CC(=O)N(c1nc(CSc2cccc[n+]2[O-])cs1)c1ccccc1F. The molecule has 0 N–H and O–H groups in total. The fourth-order valence-electron chi connectivity index (χ4n) is 2.18. The first-order valence-corrected chi connectivity index (χ1v) is 9.23. The Balaban J connectivity index is 1.80. The molecule has 2 heterocycles. The number of halogens is 1. The molecular formula is C17H14FN3O2S2. The third kappa shape index (κ3) is 3.97. The van der Waals surface area contributed by atoms with Crippen LogP contribution in [-0.4, -0.2) is 10.9 Å². The first kappa shape index (κ1) is 17.4. The number of rotatable bonds is 5. The molecule has 0 saturated carbocycles. The van der Waals surface area contributed by atoms with Gasteiger partial charge in [0.25, 0.3) is 5.03 Å². The predicted octanol–water partition coefficient (Wildman–Crippen LogP) is 3.89. The topological polar surface area (TPSA) is 60.1 Å². The molecule has 0 aliphatic heterocycles. The van der Waals surface area contributed by atoms with E-state index < -0.39 is 5.82 Å². The molecule has 0 spiro atoms. The fourth-order valence-corrected chi connectivity index (χ4v) is 3.97. The quantitative estimate of drug-likeness (QED) is 0.386. The first-order valence-electron chi connectivity index (χ1n) is 7.37. The number of hydrogen-bond acceptors (Lipinski definition) is 5. The van der Waals surface area contributed by atoms with E-state index in [-0.39, 0.29) is 11.6 Å². The Labute approximate surface area is 152 Å². The maximum atomic E-state index is 14.0. The van der Waals surface area contributed by atoms with Gasteiger partial charge in [-0.1, -0.05) is 12.1 Å². The Morgan fingerprint density at radius 1 is 1.32 bits per heavy atom. The second kappa shape index (κ2) is 7.62. The molecule has 0 aliphatic carbocycles. The van der Waals surface area contributed by atoms with Crippen molar-refractivity contribution >= 4 is 39.8 Å². The summed E-state index contributed by atoms with van der Waals surface area (Å²) in [5.74, 6) is -0.328. The smallest absolute Gasteiger partial charge is 0.251 e. The van der Waals surface area contributed by atoms with Crippen LogP contribution in [0.1, 0.15) is 12.6 Å². The number of amides is 1. The summed E-state index contributed by atoms with van der Waals surface area (Å²) in [4.78, 5) is 17.7. The van der Waals surface area contributed by atoms with Crippen LogP contribution in [0.2, 0.25) is 0 Å².